The van der Waals surface area contributed by atoms with Crippen LogP contribution < -0.4 is 5.32 Å². The molecule has 1 heterocycles. The number of hydrogen-bond acceptors (Lipinski definition) is 3. The summed E-state index contributed by atoms with van der Waals surface area (Å²) >= 11 is 0. The maximum atomic E-state index is 6.13. The Kier molecular flexibility index (Phi) is 6.83. The minimum atomic E-state index is -0.124. The van der Waals surface area contributed by atoms with Gasteiger partial charge in [0.05, 0.1) is 5.54 Å². The number of hydrogen-bond donors (Lipinski definition) is 1. The summed E-state index contributed by atoms with van der Waals surface area (Å²) in [6, 6.07) is 32.0. The molecule has 0 saturated carbocycles. The quantitative estimate of drug-likeness (QED) is 0.535. The van der Waals surface area contributed by atoms with Crippen molar-refractivity contribution in [2.75, 3.05) is 32.1 Å². The van der Waals surface area contributed by atoms with E-state index in [1.165, 1.54) is 11.1 Å². The number of nitrogens with zero attached hydrogens (tertiary/aromatic N) is 1. The van der Waals surface area contributed by atoms with Gasteiger partial charge in [0, 0.05) is 32.4 Å². The molecule has 0 spiro atoms. The topological polar surface area (TPSA) is 24.5 Å². The zero-order chi connectivity index (χ0) is 20.7. The molecule has 0 aliphatic carbocycles. The highest BCUT2D eigenvalue weighted by Gasteiger charge is 2.42. The summed E-state index contributed by atoms with van der Waals surface area (Å²) in [6.07, 6.45) is 3.20. The lowest BCUT2D eigenvalue weighted by molar-refractivity contribution is 0.0113. The van der Waals surface area contributed by atoms with E-state index < -0.39 is 0 Å². The molecule has 30 heavy (non-hydrogen) atoms. The summed E-state index contributed by atoms with van der Waals surface area (Å²) in [5.74, 6) is 0. The summed E-state index contributed by atoms with van der Waals surface area (Å²) in [5.41, 5.74) is 3.69. The van der Waals surface area contributed by atoms with Crippen molar-refractivity contribution in [3.05, 3.63) is 102 Å². The molecule has 0 amide bonds. The molecular formula is C27H32N2O. The zero-order valence-electron chi connectivity index (χ0n) is 17.8. The Morgan fingerprint density at radius 2 is 1.40 bits per heavy atom. The number of methoxy groups -OCH3 is 1. The van der Waals surface area contributed by atoms with E-state index in [4.69, 9.17) is 4.74 Å². The summed E-state index contributed by atoms with van der Waals surface area (Å²) in [7, 11) is 1.84. The number of likely N-dealkylation sites (tertiary alicyclic amines) is 1. The Balaban J connectivity index is 1.50. The minimum absolute atomic E-state index is 0.00943. The van der Waals surface area contributed by atoms with Gasteiger partial charge in [-0.05, 0) is 42.5 Å². The molecule has 1 atom stereocenters. The van der Waals surface area contributed by atoms with Crippen LogP contribution in [0.4, 0.5) is 5.69 Å². The van der Waals surface area contributed by atoms with Crippen LogP contribution in [0.3, 0.4) is 0 Å². The van der Waals surface area contributed by atoms with Gasteiger partial charge in [-0.25, -0.2) is 0 Å². The smallest absolute Gasteiger partial charge is 0.105 e. The summed E-state index contributed by atoms with van der Waals surface area (Å²) < 4.78 is 6.13. The summed E-state index contributed by atoms with van der Waals surface area (Å²) in [4.78, 5) is 2.59. The molecule has 1 saturated heterocycles. The third kappa shape index (κ3) is 4.92. The van der Waals surface area contributed by atoms with Crippen LogP contribution in [0, 0.1) is 0 Å². The van der Waals surface area contributed by atoms with E-state index >= 15 is 0 Å². The van der Waals surface area contributed by atoms with Gasteiger partial charge in [-0.1, -0.05) is 78.9 Å². The summed E-state index contributed by atoms with van der Waals surface area (Å²) in [5, 5.41) is 3.89. The first-order valence-electron chi connectivity index (χ1n) is 11.0. The molecule has 1 aliphatic heterocycles. The monoisotopic (exact) mass is 400 g/mol. The van der Waals surface area contributed by atoms with Gasteiger partial charge in [-0.15, -0.1) is 0 Å². The third-order valence-electron chi connectivity index (χ3n) is 6.31. The Morgan fingerprint density at radius 3 is 2.00 bits per heavy atom. The first-order valence-corrected chi connectivity index (χ1v) is 11.0. The van der Waals surface area contributed by atoms with E-state index in [1.807, 2.05) is 7.11 Å². The molecule has 3 aromatic rings. The molecule has 156 valence electrons. The molecular weight excluding hydrogens is 368 g/mol. The lowest BCUT2D eigenvalue weighted by Crippen LogP contribution is -2.53. The third-order valence-corrected chi connectivity index (χ3v) is 6.31. The maximum Gasteiger partial charge on any atom is 0.105 e. The number of benzene rings is 3. The van der Waals surface area contributed by atoms with Crippen molar-refractivity contribution in [1.82, 2.24) is 4.90 Å². The van der Waals surface area contributed by atoms with Gasteiger partial charge in [-0.3, -0.25) is 0 Å². The van der Waals surface area contributed by atoms with Gasteiger partial charge >= 0.3 is 0 Å². The largest absolute Gasteiger partial charge is 0.377 e. The molecule has 1 unspecified atom stereocenters. The van der Waals surface area contributed by atoms with Gasteiger partial charge < -0.3 is 15.0 Å². The second kappa shape index (κ2) is 9.92. The summed E-state index contributed by atoms with van der Waals surface area (Å²) in [6.45, 7) is 3.24. The molecule has 3 aromatic carbocycles. The predicted octanol–water partition coefficient (Wildman–Crippen LogP) is 5.56. The fourth-order valence-electron chi connectivity index (χ4n) is 4.68. The molecule has 3 nitrogen and oxygen atoms in total. The van der Waals surface area contributed by atoms with Crippen molar-refractivity contribution >= 4 is 5.69 Å². The van der Waals surface area contributed by atoms with Crippen LogP contribution >= 0.6 is 0 Å². The highest BCUT2D eigenvalue weighted by molar-refractivity contribution is 5.47. The lowest BCUT2D eigenvalue weighted by Gasteiger charge is -2.47. The van der Waals surface area contributed by atoms with Gasteiger partial charge in [-0.2, -0.15) is 0 Å². The molecule has 1 fully saturated rings. The lowest BCUT2D eigenvalue weighted by atomic mass is 9.78. The molecule has 1 aliphatic rings. The van der Waals surface area contributed by atoms with Crippen molar-refractivity contribution in [1.29, 1.82) is 0 Å². The second-order valence-electron chi connectivity index (χ2n) is 8.25. The molecule has 1 N–H and O–H groups in total. The average molecular weight is 401 g/mol. The van der Waals surface area contributed by atoms with Crippen LogP contribution in [0.15, 0.2) is 91.0 Å². The zero-order valence-corrected chi connectivity index (χ0v) is 17.8. The van der Waals surface area contributed by atoms with Crippen LogP contribution in [0.5, 0.6) is 0 Å². The normalized spacial score (nSPS) is 17.4. The van der Waals surface area contributed by atoms with Gasteiger partial charge in [0.2, 0.25) is 0 Å². The van der Waals surface area contributed by atoms with E-state index in [0.717, 1.165) is 44.6 Å². The SMILES string of the molecule is COC(c1ccccc1)C1(Nc2ccccc2)CCN(CCc2ccccc2)CC1. The Labute approximate surface area is 180 Å². The highest BCUT2D eigenvalue weighted by Crippen LogP contribution is 2.40. The fourth-order valence-corrected chi connectivity index (χ4v) is 4.68. The van der Waals surface area contributed by atoms with E-state index in [1.54, 1.807) is 0 Å². The van der Waals surface area contributed by atoms with Crippen LogP contribution in [0.1, 0.15) is 30.1 Å². The van der Waals surface area contributed by atoms with E-state index in [0.29, 0.717) is 0 Å². The van der Waals surface area contributed by atoms with Crippen molar-refractivity contribution in [2.24, 2.45) is 0 Å². The number of anilines is 1. The number of nitrogens with one attached hydrogen (secondary N) is 1. The first-order chi connectivity index (χ1) is 14.8. The predicted molar refractivity (Wildman–Crippen MR) is 125 cm³/mol. The van der Waals surface area contributed by atoms with E-state index in [9.17, 15) is 0 Å². The van der Waals surface area contributed by atoms with Gasteiger partial charge in [0.1, 0.15) is 6.10 Å². The average Bonchev–Trinajstić information content (AvgIpc) is 2.81. The van der Waals surface area contributed by atoms with Crippen molar-refractivity contribution < 1.29 is 4.74 Å². The molecule has 0 aromatic heterocycles. The van der Waals surface area contributed by atoms with E-state index in [-0.39, 0.29) is 11.6 Å². The number of para-hydroxylation sites is 1. The van der Waals surface area contributed by atoms with Gasteiger partial charge in [0.25, 0.3) is 0 Å². The van der Waals surface area contributed by atoms with Gasteiger partial charge in [0.15, 0.2) is 0 Å². The van der Waals surface area contributed by atoms with Crippen molar-refractivity contribution in [2.45, 2.75) is 30.9 Å². The standard InChI is InChI=1S/C27H32N2O/c1-30-26(24-13-7-3-8-14-24)27(28-25-15-9-4-10-16-25)18-21-29(22-19-27)20-17-23-11-5-2-6-12-23/h2-16,26,28H,17-22H2,1H3. The Bertz CT molecular complexity index is 875. The number of piperidine rings is 1. The highest BCUT2D eigenvalue weighted by atomic mass is 16.5. The van der Waals surface area contributed by atoms with Crippen LogP contribution in [0.25, 0.3) is 0 Å². The van der Waals surface area contributed by atoms with Crippen molar-refractivity contribution in [3.63, 3.8) is 0 Å². The number of rotatable bonds is 8. The minimum Gasteiger partial charge on any atom is -0.377 e. The van der Waals surface area contributed by atoms with Crippen LogP contribution in [0.2, 0.25) is 0 Å². The fraction of sp³-hybridized carbons (Fsp3) is 0.333. The van der Waals surface area contributed by atoms with E-state index in [2.05, 4.69) is 101 Å². The maximum absolute atomic E-state index is 6.13. The van der Waals surface area contributed by atoms with Crippen LogP contribution in [-0.4, -0.2) is 37.2 Å². The molecule has 4 rings (SSSR count). The first kappa shape index (κ1) is 20.6. The Morgan fingerprint density at radius 1 is 0.833 bits per heavy atom. The second-order valence-corrected chi connectivity index (χ2v) is 8.25. The van der Waals surface area contributed by atoms with Crippen molar-refractivity contribution in [3.8, 4) is 0 Å². The molecule has 3 heteroatoms. The molecule has 0 bridgehead atoms. The number of ether oxygens (including phenoxy) is 1. The van der Waals surface area contributed by atoms with Crippen LogP contribution in [-0.2, 0) is 11.2 Å². The Hall–Kier alpha value is -2.62. The molecule has 0 radical (unpaired) electrons.